The van der Waals surface area contributed by atoms with Crippen molar-refractivity contribution in [3.63, 3.8) is 0 Å². The van der Waals surface area contributed by atoms with Gasteiger partial charge in [0, 0.05) is 48.0 Å². The van der Waals surface area contributed by atoms with Crippen molar-refractivity contribution in [2.75, 3.05) is 4.90 Å². The standard InChI is InChI=1S/C26H28N4O2S/c31-24(29-17-18-5-4-12-27-16-18)20-10-8-19(9-11-20)22-15-23(22)25(32)30(26-28-13-14-33-26)21-6-2-1-3-7-21/h4-5,8-14,16,21-23H,1-3,6-7,15,17H2,(H,29,31). The molecule has 1 N–H and O–H groups in total. The minimum absolute atomic E-state index is 0.00100. The summed E-state index contributed by atoms with van der Waals surface area (Å²) in [6.07, 6.45) is 11.8. The first-order valence-electron chi connectivity index (χ1n) is 11.7. The van der Waals surface area contributed by atoms with Crippen LogP contribution in [0.15, 0.2) is 60.4 Å². The van der Waals surface area contributed by atoms with E-state index in [-0.39, 0.29) is 29.7 Å². The third kappa shape index (κ3) is 4.98. The quantitative estimate of drug-likeness (QED) is 0.542. The van der Waals surface area contributed by atoms with Crippen LogP contribution in [0.5, 0.6) is 0 Å². The van der Waals surface area contributed by atoms with E-state index in [0.717, 1.165) is 35.5 Å². The van der Waals surface area contributed by atoms with E-state index in [2.05, 4.69) is 15.3 Å². The number of nitrogens with zero attached hydrogens (tertiary/aromatic N) is 3. The van der Waals surface area contributed by atoms with Crippen molar-refractivity contribution in [3.8, 4) is 0 Å². The number of hydrogen-bond acceptors (Lipinski definition) is 5. The van der Waals surface area contributed by atoms with Crippen LogP contribution in [0.2, 0.25) is 0 Å². The summed E-state index contributed by atoms with van der Waals surface area (Å²) < 4.78 is 0. The molecule has 1 aromatic carbocycles. The molecular weight excluding hydrogens is 432 g/mol. The number of aromatic nitrogens is 2. The Morgan fingerprint density at radius 2 is 1.88 bits per heavy atom. The first kappa shape index (κ1) is 21.8. The lowest BCUT2D eigenvalue weighted by atomic mass is 9.94. The van der Waals surface area contributed by atoms with Gasteiger partial charge < -0.3 is 5.32 Å². The minimum atomic E-state index is -0.110. The molecule has 170 valence electrons. The van der Waals surface area contributed by atoms with Crippen LogP contribution in [0.1, 0.15) is 65.9 Å². The first-order valence-corrected chi connectivity index (χ1v) is 12.6. The number of thiazole rings is 1. The molecular formula is C26H28N4O2S. The fraction of sp³-hybridized carbons (Fsp3) is 0.385. The Kier molecular flexibility index (Phi) is 6.48. The van der Waals surface area contributed by atoms with Gasteiger partial charge in [-0.25, -0.2) is 4.98 Å². The third-order valence-electron chi connectivity index (χ3n) is 6.69. The van der Waals surface area contributed by atoms with Gasteiger partial charge >= 0.3 is 0 Å². The molecule has 0 saturated heterocycles. The molecule has 2 fully saturated rings. The monoisotopic (exact) mass is 460 g/mol. The topological polar surface area (TPSA) is 75.2 Å². The summed E-state index contributed by atoms with van der Waals surface area (Å²) in [5.41, 5.74) is 2.71. The maximum atomic E-state index is 13.5. The summed E-state index contributed by atoms with van der Waals surface area (Å²) in [7, 11) is 0. The lowest BCUT2D eigenvalue weighted by Crippen LogP contribution is -2.42. The zero-order chi connectivity index (χ0) is 22.6. The van der Waals surface area contributed by atoms with E-state index in [1.54, 1.807) is 29.9 Å². The number of amides is 2. The lowest BCUT2D eigenvalue weighted by molar-refractivity contribution is -0.120. The summed E-state index contributed by atoms with van der Waals surface area (Å²) >= 11 is 1.55. The number of anilines is 1. The summed E-state index contributed by atoms with van der Waals surface area (Å²) in [4.78, 5) is 36.5. The van der Waals surface area contributed by atoms with Gasteiger partial charge in [-0.15, -0.1) is 11.3 Å². The Hall–Kier alpha value is -3.06. The Balaban J connectivity index is 1.22. The number of benzene rings is 1. The van der Waals surface area contributed by atoms with E-state index in [4.69, 9.17) is 0 Å². The Bertz CT molecular complexity index is 1080. The average Bonchev–Trinajstić information content (AvgIpc) is 3.50. The van der Waals surface area contributed by atoms with Gasteiger partial charge in [0.25, 0.3) is 5.91 Å². The van der Waals surface area contributed by atoms with Gasteiger partial charge in [-0.05, 0) is 54.5 Å². The van der Waals surface area contributed by atoms with Crippen LogP contribution < -0.4 is 10.2 Å². The molecule has 2 aliphatic rings. The van der Waals surface area contributed by atoms with Crippen molar-refractivity contribution in [1.29, 1.82) is 0 Å². The van der Waals surface area contributed by atoms with Crippen molar-refractivity contribution in [3.05, 3.63) is 77.1 Å². The summed E-state index contributed by atoms with van der Waals surface area (Å²) in [6.45, 7) is 0.446. The molecule has 2 atom stereocenters. The number of pyridine rings is 1. The Labute approximate surface area is 198 Å². The van der Waals surface area contributed by atoms with E-state index >= 15 is 0 Å². The maximum absolute atomic E-state index is 13.5. The van der Waals surface area contributed by atoms with E-state index < -0.39 is 0 Å². The second-order valence-corrected chi connectivity index (χ2v) is 9.80. The van der Waals surface area contributed by atoms with Crippen LogP contribution in [0.25, 0.3) is 0 Å². The highest BCUT2D eigenvalue weighted by Crippen LogP contribution is 2.49. The van der Waals surface area contributed by atoms with Gasteiger partial charge in [0.15, 0.2) is 5.13 Å². The largest absolute Gasteiger partial charge is 0.348 e. The fourth-order valence-electron chi connectivity index (χ4n) is 4.79. The van der Waals surface area contributed by atoms with E-state index in [0.29, 0.717) is 12.1 Å². The molecule has 0 spiro atoms. The Morgan fingerprint density at radius 1 is 1.06 bits per heavy atom. The van der Waals surface area contributed by atoms with Gasteiger partial charge in [0.2, 0.25) is 5.91 Å². The van der Waals surface area contributed by atoms with Crippen molar-refractivity contribution in [2.45, 2.75) is 57.0 Å². The molecule has 0 bridgehead atoms. The molecule has 7 heteroatoms. The molecule has 2 aromatic heterocycles. The number of rotatable bonds is 7. The molecule has 2 heterocycles. The van der Waals surface area contributed by atoms with Crippen LogP contribution in [-0.2, 0) is 11.3 Å². The van der Waals surface area contributed by atoms with Crippen LogP contribution in [-0.4, -0.2) is 27.8 Å². The summed E-state index contributed by atoms with van der Waals surface area (Å²) in [5, 5.41) is 5.70. The highest BCUT2D eigenvalue weighted by atomic mass is 32.1. The van der Waals surface area contributed by atoms with E-state index in [9.17, 15) is 9.59 Å². The van der Waals surface area contributed by atoms with Crippen LogP contribution in [0.4, 0.5) is 5.13 Å². The highest BCUT2D eigenvalue weighted by Gasteiger charge is 2.47. The average molecular weight is 461 g/mol. The number of hydrogen-bond donors (Lipinski definition) is 1. The highest BCUT2D eigenvalue weighted by molar-refractivity contribution is 7.13. The molecule has 3 aromatic rings. The molecule has 2 unspecified atom stereocenters. The van der Waals surface area contributed by atoms with E-state index in [1.807, 2.05) is 46.7 Å². The normalized spacial score (nSPS) is 20.2. The van der Waals surface area contributed by atoms with Crippen molar-refractivity contribution >= 4 is 28.3 Å². The molecule has 0 radical (unpaired) electrons. The van der Waals surface area contributed by atoms with Gasteiger partial charge in [0.1, 0.15) is 0 Å². The number of carbonyl (C=O) groups is 2. The SMILES string of the molecule is O=C(NCc1cccnc1)c1ccc(C2CC2C(=O)N(c2nccs2)C2CCCCC2)cc1. The van der Waals surface area contributed by atoms with E-state index in [1.165, 1.54) is 19.3 Å². The second-order valence-electron chi connectivity index (χ2n) is 8.93. The number of nitrogens with one attached hydrogen (secondary N) is 1. The molecule has 33 heavy (non-hydrogen) atoms. The zero-order valence-electron chi connectivity index (χ0n) is 18.5. The fourth-order valence-corrected chi connectivity index (χ4v) is 5.51. The van der Waals surface area contributed by atoms with Gasteiger partial charge in [-0.3, -0.25) is 19.5 Å². The van der Waals surface area contributed by atoms with Crippen LogP contribution in [0.3, 0.4) is 0 Å². The minimum Gasteiger partial charge on any atom is -0.348 e. The predicted molar refractivity (Wildman–Crippen MR) is 129 cm³/mol. The molecule has 0 aliphatic heterocycles. The van der Waals surface area contributed by atoms with Crippen LogP contribution >= 0.6 is 11.3 Å². The first-order chi connectivity index (χ1) is 16.2. The van der Waals surface area contributed by atoms with Crippen molar-refractivity contribution in [1.82, 2.24) is 15.3 Å². The van der Waals surface area contributed by atoms with Crippen molar-refractivity contribution < 1.29 is 9.59 Å². The Morgan fingerprint density at radius 3 is 2.58 bits per heavy atom. The van der Waals surface area contributed by atoms with Crippen LogP contribution in [0, 0.1) is 5.92 Å². The van der Waals surface area contributed by atoms with Crippen molar-refractivity contribution in [2.24, 2.45) is 5.92 Å². The smallest absolute Gasteiger partial charge is 0.251 e. The third-order valence-corrected chi connectivity index (χ3v) is 7.46. The number of carbonyl (C=O) groups excluding carboxylic acids is 2. The maximum Gasteiger partial charge on any atom is 0.251 e. The molecule has 2 amide bonds. The van der Waals surface area contributed by atoms with Gasteiger partial charge in [-0.1, -0.05) is 37.5 Å². The summed E-state index contributed by atoms with van der Waals surface area (Å²) in [5.74, 6) is 0.318. The van der Waals surface area contributed by atoms with Gasteiger partial charge in [-0.2, -0.15) is 0 Å². The molecule has 6 nitrogen and oxygen atoms in total. The zero-order valence-corrected chi connectivity index (χ0v) is 19.3. The summed E-state index contributed by atoms with van der Waals surface area (Å²) in [6, 6.07) is 11.7. The second kappa shape index (κ2) is 9.83. The predicted octanol–water partition coefficient (Wildman–Crippen LogP) is 4.94. The molecule has 5 rings (SSSR count). The lowest BCUT2D eigenvalue weighted by Gasteiger charge is -2.32. The molecule has 2 saturated carbocycles. The molecule has 2 aliphatic carbocycles. The van der Waals surface area contributed by atoms with Gasteiger partial charge in [0.05, 0.1) is 0 Å².